The van der Waals surface area contributed by atoms with Crippen LogP contribution >= 0.6 is 0 Å². The molecule has 0 unspecified atom stereocenters. The Morgan fingerprint density at radius 2 is 1.95 bits per heavy atom. The van der Waals surface area contributed by atoms with Gasteiger partial charge in [-0.2, -0.15) is 5.10 Å². The number of nitrogens with zero attached hydrogens (tertiary/aromatic N) is 2. The highest BCUT2D eigenvalue weighted by Gasteiger charge is 2.07. The molecule has 0 bridgehead atoms. The largest absolute Gasteiger partial charge is 0.360 e. The summed E-state index contributed by atoms with van der Waals surface area (Å²) in [6.45, 7) is 0.351. The molecule has 1 aromatic carbocycles. The predicted molar refractivity (Wildman–Crippen MR) is 78.5 cm³/mol. The molecule has 21 heavy (non-hydrogen) atoms. The number of anilines is 1. The SMILES string of the molecule is Cn1ccc(NCC(=O)NC(=O)NCc2ccccc2)n1. The van der Waals surface area contributed by atoms with E-state index in [4.69, 9.17) is 0 Å². The Hall–Kier alpha value is -2.83. The molecule has 0 saturated heterocycles. The number of amides is 3. The van der Waals surface area contributed by atoms with Crippen molar-refractivity contribution >= 4 is 17.8 Å². The number of carbonyl (C=O) groups excluding carboxylic acids is 2. The fourth-order valence-corrected chi connectivity index (χ4v) is 1.67. The van der Waals surface area contributed by atoms with E-state index in [9.17, 15) is 9.59 Å². The van der Waals surface area contributed by atoms with Crippen LogP contribution in [0.2, 0.25) is 0 Å². The van der Waals surface area contributed by atoms with Crippen LogP contribution in [0.4, 0.5) is 10.6 Å². The van der Waals surface area contributed by atoms with Gasteiger partial charge in [-0.3, -0.25) is 14.8 Å². The van der Waals surface area contributed by atoms with Gasteiger partial charge in [0.1, 0.15) is 5.82 Å². The van der Waals surface area contributed by atoms with Crippen molar-refractivity contribution in [1.29, 1.82) is 0 Å². The number of carbonyl (C=O) groups is 2. The van der Waals surface area contributed by atoms with Crippen LogP contribution in [-0.2, 0) is 18.4 Å². The lowest BCUT2D eigenvalue weighted by Gasteiger charge is -2.07. The van der Waals surface area contributed by atoms with Crippen LogP contribution in [0.25, 0.3) is 0 Å². The van der Waals surface area contributed by atoms with Crippen molar-refractivity contribution in [2.24, 2.45) is 7.05 Å². The van der Waals surface area contributed by atoms with Crippen molar-refractivity contribution in [2.45, 2.75) is 6.54 Å². The Balaban J connectivity index is 1.68. The standard InChI is InChI=1S/C14H17N5O2/c1-19-8-7-12(18-19)15-10-13(20)17-14(21)16-9-11-5-3-2-4-6-11/h2-8H,9-10H2,1H3,(H,15,18)(H2,16,17,20,21). The first kappa shape index (κ1) is 14.6. The van der Waals surface area contributed by atoms with Gasteiger partial charge in [-0.1, -0.05) is 30.3 Å². The van der Waals surface area contributed by atoms with Gasteiger partial charge in [0.25, 0.3) is 0 Å². The van der Waals surface area contributed by atoms with E-state index in [1.165, 1.54) is 0 Å². The average Bonchev–Trinajstić information content (AvgIpc) is 2.90. The van der Waals surface area contributed by atoms with Crippen molar-refractivity contribution in [2.75, 3.05) is 11.9 Å². The summed E-state index contributed by atoms with van der Waals surface area (Å²) in [5, 5.41) is 11.7. The molecule has 7 heteroatoms. The molecule has 0 fully saturated rings. The first-order chi connectivity index (χ1) is 10.1. The third-order valence-electron chi connectivity index (χ3n) is 2.69. The first-order valence-electron chi connectivity index (χ1n) is 6.48. The van der Waals surface area contributed by atoms with Crippen LogP contribution < -0.4 is 16.0 Å². The zero-order chi connectivity index (χ0) is 15.1. The number of benzene rings is 1. The minimum absolute atomic E-state index is 0.0181. The number of hydrogen-bond acceptors (Lipinski definition) is 4. The van der Waals surface area contributed by atoms with Crippen LogP contribution in [0.15, 0.2) is 42.6 Å². The lowest BCUT2D eigenvalue weighted by Crippen LogP contribution is -2.41. The second kappa shape index (κ2) is 7.09. The van der Waals surface area contributed by atoms with Gasteiger partial charge in [-0.25, -0.2) is 4.79 Å². The molecule has 2 rings (SSSR count). The van der Waals surface area contributed by atoms with Gasteiger partial charge < -0.3 is 10.6 Å². The second-order valence-corrected chi connectivity index (χ2v) is 4.44. The average molecular weight is 287 g/mol. The van der Waals surface area contributed by atoms with Gasteiger partial charge >= 0.3 is 6.03 Å². The van der Waals surface area contributed by atoms with Gasteiger partial charge in [0.2, 0.25) is 5.91 Å². The summed E-state index contributed by atoms with van der Waals surface area (Å²) in [5.74, 6) is 0.156. The van der Waals surface area contributed by atoms with Crippen LogP contribution in [0, 0.1) is 0 Å². The number of nitrogens with one attached hydrogen (secondary N) is 3. The maximum atomic E-state index is 11.6. The van der Waals surface area contributed by atoms with E-state index in [0.717, 1.165) is 5.56 Å². The summed E-state index contributed by atoms with van der Waals surface area (Å²) in [5.41, 5.74) is 0.965. The van der Waals surface area contributed by atoms with Crippen molar-refractivity contribution in [1.82, 2.24) is 20.4 Å². The molecular weight excluding hydrogens is 270 g/mol. The van der Waals surface area contributed by atoms with E-state index in [2.05, 4.69) is 21.0 Å². The van der Waals surface area contributed by atoms with E-state index in [0.29, 0.717) is 12.4 Å². The molecule has 3 N–H and O–H groups in total. The van der Waals surface area contributed by atoms with E-state index in [1.54, 1.807) is 24.0 Å². The summed E-state index contributed by atoms with van der Waals surface area (Å²) >= 11 is 0. The van der Waals surface area contributed by atoms with Gasteiger partial charge in [-0.15, -0.1) is 0 Å². The summed E-state index contributed by atoms with van der Waals surface area (Å²) in [6, 6.07) is 10.7. The highest BCUT2D eigenvalue weighted by Crippen LogP contribution is 1.99. The van der Waals surface area contributed by atoms with Crippen molar-refractivity contribution in [3.63, 3.8) is 0 Å². The predicted octanol–water partition coefficient (Wildman–Crippen LogP) is 0.858. The van der Waals surface area contributed by atoms with E-state index in [-0.39, 0.29) is 6.54 Å². The number of aryl methyl sites for hydroxylation is 1. The maximum Gasteiger partial charge on any atom is 0.321 e. The first-order valence-corrected chi connectivity index (χ1v) is 6.48. The third-order valence-corrected chi connectivity index (χ3v) is 2.69. The second-order valence-electron chi connectivity index (χ2n) is 4.44. The highest BCUT2D eigenvalue weighted by atomic mass is 16.2. The zero-order valence-corrected chi connectivity index (χ0v) is 11.7. The lowest BCUT2D eigenvalue weighted by atomic mass is 10.2. The molecule has 2 aromatic rings. The van der Waals surface area contributed by atoms with Crippen LogP contribution in [0.5, 0.6) is 0 Å². The molecule has 3 amide bonds. The Labute approximate surface area is 122 Å². The molecule has 0 saturated carbocycles. The van der Waals surface area contributed by atoms with Crippen LogP contribution in [-0.4, -0.2) is 28.3 Å². The summed E-state index contributed by atoms with van der Waals surface area (Å²) in [4.78, 5) is 23.1. The van der Waals surface area contributed by atoms with E-state index < -0.39 is 11.9 Å². The van der Waals surface area contributed by atoms with Crippen molar-refractivity contribution in [3.8, 4) is 0 Å². The highest BCUT2D eigenvalue weighted by molar-refractivity contribution is 5.96. The number of rotatable bonds is 5. The molecule has 7 nitrogen and oxygen atoms in total. The molecular formula is C14H17N5O2. The van der Waals surface area contributed by atoms with E-state index >= 15 is 0 Å². The number of urea groups is 1. The Morgan fingerprint density at radius 1 is 1.19 bits per heavy atom. The molecule has 1 aromatic heterocycles. The Morgan fingerprint density at radius 3 is 2.62 bits per heavy atom. The van der Waals surface area contributed by atoms with Gasteiger partial charge in [-0.05, 0) is 5.56 Å². The maximum absolute atomic E-state index is 11.6. The van der Waals surface area contributed by atoms with Crippen LogP contribution in [0.3, 0.4) is 0 Å². The molecule has 0 spiro atoms. The number of hydrogen-bond donors (Lipinski definition) is 3. The normalized spacial score (nSPS) is 9.95. The smallest absolute Gasteiger partial charge is 0.321 e. The number of aromatic nitrogens is 2. The monoisotopic (exact) mass is 287 g/mol. The lowest BCUT2D eigenvalue weighted by molar-refractivity contribution is -0.118. The number of imide groups is 1. The Kier molecular flexibility index (Phi) is 4.92. The fraction of sp³-hybridized carbons (Fsp3) is 0.214. The summed E-state index contributed by atoms with van der Waals surface area (Å²) in [7, 11) is 1.78. The van der Waals surface area contributed by atoms with Gasteiger partial charge in [0, 0.05) is 25.9 Å². The van der Waals surface area contributed by atoms with Gasteiger partial charge in [0.15, 0.2) is 0 Å². The minimum atomic E-state index is -0.522. The van der Waals surface area contributed by atoms with Crippen molar-refractivity contribution < 1.29 is 9.59 Å². The molecule has 1 heterocycles. The van der Waals surface area contributed by atoms with Crippen molar-refractivity contribution in [3.05, 3.63) is 48.2 Å². The molecule has 0 atom stereocenters. The van der Waals surface area contributed by atoms with Crippen LogP contribution in [0.1, 0.15) is 5.56 Å². The minimum Gasteiger partial charge on any atom is -0.360 e. The molecule has 0 aliphatic rings. The van der Waals surface area contributed by atoms with Gasteiger partial charge in [0.05, 0.1) is 6.54 Å². The fourth-order valence-electron chi connectivity index (χ4n) is 1.67. The summed E-state index contributed by atoms with van der Waals surface area (Å²) in [6.07, 6.45) is 1.76. The molecule has 0 aliphatic carbocycles. The van der Waals surface area contributed by atoms with E-state index in [1.807, 2.05) is 30.3 Å². The Bertz CT molecular complexity index is 609. The summed E-state index contributed by atoms with van der Waals surface area (Å²) < 4.78 is 1.62. The molecule has 110 valence electrons. The third kappa shape index (κ3) is 4.98. The zero-order valence-electron chi connectivity index (χ0n) is 11.7. The quantitative estimate of drug-likeness (QED) is 0.761. The topological polar surface area (TPSA) is 88.0 Å². The molecule has 0 radical (unpaired) electrons. The molecule has 0 aliphatic heterocycles.